The molecule has 0 aromatic heterocycles. The highest BCUT2D eigenvalue weighted by molar-refractivity contribution is 6.06. The Morgan fingerprint density at radius 2 is 2.18 bits per heavy atom. The number of carbonyl (C=O) groups is 2. The summed E-state index contributed by atoms with van der Waals surface area (Å²) < 4.78 is 4.64. The number of nitro groups is 1. The van der Waals surface area contributed by atoms with Crippen LogP contribution in [0.3, 0.4) is 0 Å². The Morgan fingerprint density at radius 1 is 1.45 bits per heavy atom. The smallest absolute Gasteiger partial charge is 0.316 e. The number of carbonyl (C=O) groups excluding carboxylic acids is 2. The zero-order valence-electron chi connectivity index (χ0n) is 12.2. The van der Waals surface area contributed by atoms with Crippen molar-refractivity contribution < 1.29 is 19.2 Å². The molecule has 1 N–H and O–H groups in total. The third-order valence-corrected chi connectivity index (χ3v) is 3.55. The molecule has 2 rings (SSSR count). The summed E-state index contributed by atoms with van der Waals surface area (Å²) in [5.74, 6) is -1.85. The average molecular weight is 304 g/mol. The van der Waals surface area contributed by atoms with E-state index in [0.717, 1.165) is 0 Å². The molecule has 0 saturated carbocycles. The van der Waals surface area contributed by atoms with E-state index in [0.29, 0.717) is 17.8 Å². The number of benzene rings is 1. The van der Waals surface area contributed by atoms with Crippen molar-refractivity contribution in [1.82, 2.24) is 0 Å². The van der Waals surface area contributed by atoms with Gasteiger partial charge in [0.1, 0.15) is 5.92 Å². The monoisotopic (exact) mass is 304 g/mol. The van der Waals surface area contributed by atoms with Crippen LogP contribution in [0, 0.1) is 22.0 Å². The largest absolute Gasteiger partial charge is 0.468 e. The lowest BCUT2D eigenvalue weighted by Gasteiger charge is -2.26. The summed E-state index contributed by atoms with van der Waals surface area (Å²) in [6.07, 6.45) is 1.84. The predicted octanol–water partition coefficient (Wildman–Crippen LogP) is 2.29. The number of hydrogen-bond donors (Lipinski definition) is 1. The molecule has 0 aliphatic heterocycles. The molecule has 0 radical (unpaired) electrons. The highest BCUT2D eigenvalue weighted by Gasteiger charge is 2.35. The summed E-state index contributed by atoms with van der Waals surface area (Å²) in [4.78, 5) is 33.9. The molecule has 1 aliphatic carbocycles. The number of esters is 1. The van der Waals surface area contributed by atoms with Crippen LogP contribution in [0.25, 0.3) is 0 Å². The molecule has 1 aromatic carbocycles. The number of nitro benzene ring substituents is 1. The number of nitrogens with one attached hydrogen (secondary N) is 1. The fraction of sp³-hybridized carbons (Fsp3) is 0.333. The minimum Gasteiger partial charge on any atom is -0.468 e. The Kier molecular flexibility index (Phi) is 4.55. The van der Waals surface area contributed by atoms with Gasteiger partial charge >= 0.3 is 5.97 Å². The van der Waals surface area contributed by atoms with E-state index in [1.54, 1.807) is 19.1 Å². The summed E-state index contributed by atoms with van der Waals surface area (Å²) >= 11 is 0. The second kappa shape index (κ2) is 6.38. The van der Waals surface area contributed by atoms with E-state index >= 15 is 0 Å². The Labute approximate surface area is 127 Å². The van der Waals surface area contributed by atoms with E-state index in [4.69, 9.17) is 0 Å². The summed E-state index contributed by atoms with van der Waals surface area (Å²) in [6.45, 7) is 1.79. The third-order valence-electron chi connectivity index (χ3n) is 3.55. The van der Waals surface area contributed by atoms with Crippen LogP contribution in [0.2, 0.25) is 0 Å². The minimum atomic E-state index is -0.791. The lowest BCUT2D eigenvalue weighted by molar-refractivity contribution is -0.384. The number of rotatable bonds is 4. The fourth-order valence-corrected chi connectivity index (χ4v) is 2.51. The van der Waals surface area contributed by atoms with Crippen LogP contribution in [0.1, 0.15) is 13.3 Å². The number of ketones is 1. The van der Waals surface area contributed by atoms with E-state index in [9.17, 15) is 19.7 Å². The van der Waals surface area contributed by atoms with E-state index in [1.807, 2.05) is 0 Å². The van der Waals surface area contributed by atoms with Gasteiger partial charge in [-0.3, -0.25) is 19.7 Å². The van der Waals surface area contributed by atoms with Crippen molar-refractivity contribution in [2.75, 3.05) is 12.4 Å². The van der Waals surface area contributed by atoms with Gasteiger partial charge in [-0.05, 0) is 18.4 Å². The Hall–Kier alpha value is -2.70. The molecule has 0 amide bonds. The predicted molar refractivity (Wildman–Crippen MR) is 79.1 cm³/mol. The molecule has 7 heteroatoms. The van der Waals surface area contributed by atoms with Gasteiger partial charge in [-0.25, -0.2) is 0 Å². The van der Waals surface area contributed by atoms with E-state index in [2.05, 4.69) is 10.1 Å². The van der Waals surface area contributed by atoms with Gasteiger partial charge in [0.15, 0.2) is 5.78 Å². The number of allylic oxidation sites excluding steroid dienone is 2. The van der Waals surface area contributed by atoms with Gasteiger partial charge in [-0.1, -0.05) is 13.0 Å². The Balaban J connectivity index is 2.18. The summed E-state index contributed by atoms with van der Waals surface area (Å²) in [7, 11) is 1.25. The van der Waals surface area contributed by atoms with Crippen LogP contribution in [0.5, 0.6) is 0 Å². The molecule has 2 atom stereocenters. The van der Waals surface area contributed by atoms with E-state index < -0.39 is 16.8 Å². The summed E-state index contributed by atoms with van der Waals surface area (Å²) in [5, 5.41) is 13.8. The fourth-order valence-electron chi connectivity index (χ4n) is 2.51. The van der Waals surface area contributed by atoms with Gasteiger partial charge in [0.05, 0.1) is 12.0 Å². The first-order valence-corrected chi connectivity index (χ1v) is 6.76. The molecule has 7 nitrogen and oxygen atoms in total. The first-order chi connectivity index (χ1) is 10.4. The van der Waals surface area contributed by atoms with Crippen LogP contribution in [0.4, 0.5) is 11.4 Å². The molecule has 0 bridgehead atoms. The van der Waals surface area contributed by atoms with Gasteiger partial charge in [0, 0.05) is 29.6 Å². The van der Waals surface area contributed by atoms with Crippen molar-refractivity contribution in [3.8, 4) is 0 Å². The lowest BCUT2D eigenvalue weighted by Crippen LogP contribution is -2.34. The molecule has 1 aromatic rings. The SMILES string of the molecule is COC(=O)C1C(=O)C=C(Nc2cccc([N+](=O)[O-])c2)CC1C. The van der Waals surface area contributed by atoms with Gasteiger partial charge in [-0.15, -0.1) is 0 Å². The highest BCUT2D eigenvalue weighted by Crippen LogP contribution is 2.29. The first-order valence-electron chi connectivity index (χ1n) is 6.76. The maximum absolute atomic E-state index is 12.1. The minimum absolute atomic E-state index is 0.0341. The first kappa shape index (κ1) is 15.7. The summed E-state index contributed by atoms with van der Waals surface area (Å²) in [5.41, 5.74) is 1.11. The number of ether oxygens (including phenoxy) is 1. The topological polar surface area (TPSA) is 98.5 Å². The average Bonchev–Trinajstić information content (AvgIpc) is 2.46. The van der Waals surface area contributed by atoms with Gasteiger partial charge < -0.3 is 10.1 Å². The van der Waals surface area contributed by atoms with Crippen LogP contribution in [0.15, 0.2) is 36.0 Å². The van der Waals surface area contributed by atoms with Crippen molar-refractivity contribution >= 4 is 23.1 Å². The van der Waals surface area contributed by atoms with Crippen molar-refractivity contribution in [2.45, 2.75) is 13.3 Å². The Bertz CT molecular complexity index is 653. The van der Waals surface area contributed by atoms with Crippen molar-refractivity contribution in [1.29, 1.82) is 0 Å². The van der Waals surface area contributed by atoms with Gasteiger partial charge in [0.25, 0.3) is 5.69 Å². The maximum atomic E-state index is 12.1. The van der Waals surface area contributed by atoms with E-state index in [-0.39, 0.29) is 17.4 Å². The second-order valence-corrected chi connectivity index (χ2v) is 5.19. The third kappa shape index (κ3) is 3.30. The molecule has 0 saturated heterocycles. The quantitative estimate of drug-likeness (QED) is 0.396. The van der Waals surface area contributed by atoms with Gasteiger partial charge in [0.2, 0.25) is 0 Å². The molecule has 22 heavy (non-hydrogen) atoms. The molecule has 1 aliphatic rings. The second-order valence-electron chi connectivity index (χ2n) is 5.19. The lowest BCUT2D eigenvalue weighted by atomic mass is 9.82. The highest BCUT2D eigenvalue weighted by atomic mass is 16.6. The maximum Gasteiger partial charge on any atom is 0.316 e. The van der Waals surface area contributed by atoms with Crippen LogP contribution in [-0.2, 0) is 14.3 Å². The number of nitrogens with zero attached hydrogens (tertiary/aromatic N) is 1. The number of anilines is 1. The van der Waals surface area contributed by atoms with Gasteiger partial charge in [-0.2, -0.15) is 0 Å². The number of hydrogen-bond acceptors (Lipinski definition) is 6. The summed E-state index contributed by atoms with van der Waals surface area (Å²) in [6, 6.07) is 6.02. The molecule has 116 valence electrons. The van der Waals surface area contributed by atoms with E-state index in [1.165, 1.54) is 25.3 Å². The number of methoxy groups -OCH3 is 1. The van der Waals surface area contributed by atoms with Crippen molar-refractivity contribution in [3.63, 3.8) is 0 Å². The zero-order chi connectivity index (χ0) is 16.3. The molecular weight excluding hydrogens is 288 g/mol. The zero-order valence-corrected chi connectivity index (χ0v) is 12.2. The van der Waals surface area contributed by atoms with Crippen LogP contribution < -0.4 is 5.32 Å². The normalized spacial score (nSPS) is 21.0. The molecular formula is C15H16N2O5. The van der Waals surface area contributed by atoms with Crippen molar-refractivity contribution in [3.05, 3.63) is 46.2 Å². The molecule has 2 unspecified atom stereocenters. The number of non-ortho nitro benzene ring substituents is 1. The molecule has 0 fully saturated rings. The van der Waals surface area contributed by atoms with Crippen LogP contribution in [-0.4, -0.2) is 23.8 Å². The standard InChI is InChI=1S/C15H16N2O5/c1-9-6-11(8-13(18)14(9)15(19)22-2)16-10-4-3-5-12(7-10)17(20)21/h3-5,7-9,14,16H,6H2,1-2H3. The Morgan fingerprint density at radius 3 is 2.77 bits per heavy atom. The van der Waals surface area contributed by atoms with Crippen LogP contribution >= 0.6 is 0 Å². The van der Waals surface area contributed by atoms with Crippen molar-refractivity contribution in [2.24, 2.45) is 11.8 Å². The molecule has 0 heterocycles. The molecule has 0 spiro atoms.